The lowest BCUT2D eigenvalue weighted by molar-refractivity contribution is -0.274. The Kier molecular flexibility index (Phi) is 5.97. The number of rotatable bonds is 5. The summed E-state index contributed by atoms with van der Waals surface area (Å²) >= 11 is 6.26. The van der Waals surface area contributed by atoms with Crippen molar-refractivity contribution in [2.45, 2.75) is 6.36 Å². The number of aromatic nitrogens is 3. The Morgan fingerprint density at radius 3 is 2.64 bits per heavy atom. The van der Waals surface area contributed by atoms with Gasteiger partial charge in [-0.05, 0) is 30.3 Å². The number of hydrogen-bond donors (Lipinski definition) is 2. The van der Waals surface area contributed by atoms with E-state index in [0.717, 1.165) is 12.1 Å². The van der Waals surface area contributed by atoms with Crippen molar-refractivity contribution < 1.29 is 27.4 Å². The molecule has 2 N–H and O–H groups in total. The molecule has 0 radical (unpaired) electrons. The van der Waals surface area contributed by atoms with Gasteiger partial charge in [0.05, 0.1) is 16.2 Å². The molecule has 2 heterocycles. The van der Waals surface area contributed by atoms with Gasteiger partial charge in [-0.2, -0.15) is 4.98 Å². The maximum absolute atomic E-state index is 12.4. The Labute approximate surface area is 189 Å². The Balaban J connectivity index is 1.44. The van der Waals surface area contributed by atoms with E-state index in [1.165, 1.54) is 30.6 Å². The van der Waals surface area contributed by atoms with Crippen LogP contribution in [0.1, 0.15) is 0 Å². The molecule has 0 atom stereocenters. The average Bonchev–Trinajstić information content (AvgIpc) is 3.11. The van der Waals surface area contributed by atoms with E-state index in [-0.39, 0.29) is 16.4 Å². The normalized spacial score (nSPS) is 11.3. The molecule has 0 bridgehead atoms. The fourth-order valence-corrected chi connectivity index (χ4v) is 3.21. The number of anilines is 2. The quantitative estimate of drug-likeness (QED) is 0.370. The van der Waals surface area contributed by atoms with Gasteiger partial charge in [0.1, 0.15) is 23.3 Å². The number of fused-ring (bicyclic) bond motifs is 1. The highest BCUT2D eigenvalue weighted by atomic mass is 35.5. The Morgan fingerprint density at radius 2 is 1.88 bits per heavy atom. The van der Waals surface area contributed by atoms with Crippen LogP contribution in [0.25, 0.3) is 11.0 Å². The number of alkyl halides is 3. The molecule has 0 aliphatic rings. The van der Waals surface area contributed by atoms with Crippen LogP contribution >= 0.6 is 11.6 Å². The molecule has 2 amide bonds. The number of ether oxygens (including phenoxy) is 2. The predicted octanol–water partition coefficient (Wildman–Crippen LogP) is 5.96. The second-order valence-corrected chi connectivity index (χ2v) is 7.14. The molecular weight excluding hydrogens is 463 g/mol. The van der Waals surface area contributed by atoms with E-state index in [1.54, 1.807) is 6.07 Å². The minimum Gasteiger partial charge on any atom is -0.437 e. The van der Waals surface area contributed by atoms with Gasteiger partial charge in [-0.1, -0.05) is 17.7 Å². The number of hydrogen-bond acceptors (Lipinski definition) is 5. The van der Waals surface area contributed by atoms with Crippen LogP contribution in [0.15, 0.2) is 61.1 Å². The van der Waals surface area contributed by atoms with Gasteiger partial charge >= 0.3 is 12.4 Å². The summed E-state index contributed by atoms with van der Waals surface area (Å²) in [5.41, 5.74) is 1.77. The van der Waals surface area contributed by atoms with Crippen LogP contribution < -0.4 is 20.1 Å². The Morgan fingerprint density at radius 1 is 1.06 bits per heavy atom. The van der Waals surface area contributed by atoms with Crippen molar-refractivity contribution in [3.63, 3.8) is 0 Å². The molecule has 2 aromatic carbocycles. The molecule has 0 aliphatic carbocycles. The summed E-state index contributed by atoms with van der Waals surface area (Å²) in [7, 11) is 1.84. The first-order chi connectivity index (χ1) is 15.7. The lowest BCUT2D eigenvalue weighted by Crippen LogP contribution is -2.20. The van der Waals surface area contributed by atoms with Crippen LogP contribution in [0.3, 0.4) is 0 Å². The van der Waals surface area contributed by atoms with Crippen LogP contribution in [0.2, 0.25) is 5.02 Å². The van der Waals surface area contributed by atoms with Crippen molar-refractivity contribution in [1.29, 1.82) is 0 Å². The topological polar surface area (TPSA) is 90.3 Å². The summed E-state index contributed by atoms with van der Waals surface area (Å²) in [6.45, 7) is 0. The molecule has 0 saturated heterocycles. The molecule has 0 unspecified atom stereocenters. The molecule has 2 aromatic heterocycles. The molecule has 33 heavy (non-hydrogen) atoms. The molecule has 8 nitrogen and oxygen atoms in total. The van der Waals surface area contributed by atoms with Crippen LogP contribution in [0.5, 0.6) is 17.4 Å². The minimum atomic E-state index is -4.84. The summed E-state index contributed by atoms with van der Waals surface area (Å²) in [5, 5.41) is 5.11. The van der Waals surface area contributed by atoms with E-state index in [1.807, 2.05) is 23.9 Å². The van der Waals surface area contributed by atoms with Crippen molar-refractivity contribution in [3.8, 4) is 17.4 Å². The molecular formula is C21H15ClF3N5O3. The molecule has 0 aliphatic heterocycles. The smallest absolute Gasteiger partial charge is 0.437 e. The number of carbonyl (C=O) groups excluding carboxylic acids is 1. The monoisotopic (exact) mass is 477 g/mol. The Hall–Kier alpha value is -3.99. The molecule has 12 heteroatoms. The first-order valence-corrected chi connectivity index (χ1v) is 9.73. The van der Waals surface area contributed by atoms with Crippen LogP contribution in [0.4, 0.5) is 29.3 Å². The Bertz CT molecular complexity index is 1330. The average molecular weight is 478 g/mol. The highest BCUT2D eigenvalue weighted by Gasteiger charge is 2.31. The number of nitrogens with one attached hydrogen (secondary N) is 2. The number of urea groups is 1. The fraction of sp³-hybridized carbons (Fsp3) is 0.0952. The summed E-state index contributed by atoms with van der Waals surface area (Å²) in [6, 6.07) is 10.6. The van der Waals surface area contributed by atoms with Crippen molar-refractivity contribution in [2.24, 2.45) is 7.05 Å². The van der Waals surface area contributed by atoms with Gasteiger partial charge in [-0.15, -0.1) is 13.2 Å². The molecule has 0 fully saturated rings. The van der Waals surface area contributed by atoms with Crippen molar-refractivity contribution in [2.75, 3.05) is 10.6 Å². The van der Waals surface area contributed by atoms with Crippen molar-refractivity contribution in [1.82, 2.24) is 14.5 Å². The largest absolute Gasteiger partial charge is 0.573 e. The zero-order valence-corrected chi connectivity index (χ0v) is 17.6. The van der Waals surface area contributed by atoms with Gasteiger partial charge in [0.25, 0.3) is 0 Å². The highest BCUT2D eigenvalue weighted by Crippen LogP contribution is 2.32. The second kappa shape index (κ2) is 8.87. The van der Waals surface area contributed by atoms with Crippen LogP contribution in [0, 0.1) is 0 Å². The number of benzene rings is 2. The fourth-order valence-electron chi connectivity index (χ4n) is 2.99. The summed E-state index contributed by atoms with van der Waals surface area (Å²) in [4.78, 5) is 20.6. The summed E-state index contributed by atoms with van der Waals surface area (Å²) in [5.74, 6) is 0.254. The van der Waals surface area contributed by atoms with E-state index in [9.17, 15) is 18.0 Å². The van der Waals surface area contributed by atoms with Gasteiger partial charge in [0.15, 0.2) is 0 Å². The van der Waals surface area contributed by atoms with Crippen molar-refractivity contribution in [3.05, 3.63) is 66.1 Å². The van der Waals surface area contributed by atoms with E-state index in [4.69, 9.17) is 16.3 Å². The van der Waals surface area contributed by atoms with Gasteiger partial charge in [-0.25, -0.2) is 9.78 Å². The summed E-state index contributed by atoms with van der Waals surface area (Å²) < 4.78 is 48.6. The number of amides is 2. The minimum absolute atomic E-state index is 0.0978. The zero-order valence-electron chi connectivity index (χ0n) is 16.9. The molecule has 0 spiro atoms. The van der Waals surface area contributed by atoms with E-state index < -0.39 is 18.1 Å². The third-order valence-electron chi connectivity index (χ3n) is 4.35. The molecule has 170 valence electrons. The van der Waals surface area contributed by atoms with Crippen LogP contribution in [-0.4, -0.2) is 26.9 Å². The van der Waals surface area contributed by atoms with Gasteiger partial charge in [0.2, 0.25) is 5.88 Å². The lowest BCUT2D eigenvalue weighted by Gasteiger charge is -2.13. The number of carbonyl (C=O) groups is 1. The van der Waals surface area contributed by atoms with Gasteiger partial charge in [0, 0.05) is 31.1 Å². The third kappa shape index (κ3) is 5.44. The predicted molar refractivity (Wildman–Crippen MR) is 116 cm³/mol. The lowest BCUT2D eigenvalue weighted by atomic mass is 10.3. The number of aryl methyl sites for hydroxylation is 1. The van der Waals surface area contributed by atoms with Gasteiger partial charge < -0.3 is 24.7 Å². The zero-order chi connectivity index (χ0) is 23.6. The summed E-state index contributed by atoms with van der Waals surface area (Å²) in [6.07, 6.45) is -1.62. The van der Waals surface area contributed by atoms with E-state index >= 15 is 0 Å². The second-order valence-electron chi connectivity index (χ2n) is 6.74. The molecule has 0 saturated carbocycles. The van der Waals surface area contributed by atoms with Crippen molar-refractivity contribution >= 4 is 40.0 Å². The standard InChI is InChI=1S/C21H15ClF3N5O3/c1-30-8-7-17-18(30)19(27-11-26-17)32-13-5-6-16(15(22)10-13)29-20(31)28-12-3-2-4-14(9-12)33-21(23,24)25/h2-11H,1H3,(H2,28,29,31). The third-order valence-corrected chi connectivity index (χ3v) is 4.67. The molecule has 4 aromatic rings. The maximum Gasteiger partial charge on any atom is 0.573 e. The maximum atomic E-state index is 12.4. The van der Waals surface area contributed by atoms with Gasteiger partial charge in [-0.3, -0.25) is 0 Å². The van der Waals surface area contributed by atoms with E-state index in [0.29, 0.717) is 22.7 Å². The number of nitrogens with zero attached hydrogens (tertiary/aromatic N) is 3. The SMILES string of the molecule is Cn1ccc2ncnc(Oc3ccc(NC(=O)Nc4cccc(OC(F)(F)F)c4)c(Cl)c3)c21. The van der Waals surface area contributed by atoms with E-state index in [2.05, 4.69) is 25.3 Å². The molecule has 4 rings (SSSR count). The van der Waals surface area contributed by atoms with Crippen LogP contribution in [-0.2, 0) is 7.05 Å². The highest BCUT2D eigenvalue weighted by molar-refractivity contribution is 6.34. The first-order valence-electron chi connectivity index (χ1n) is 9.35. The first kappa shape index (κ1) is 22.2. The number of halogens is 4.